The Labute approximate surface area is 121 Å². The largest absolute Gasteiger partial charge is 0.339 e. The van der Waals surface area contributed by atoms with Gasteiger partial charge in [-0.05, 0) is 31.5 Å². The zero-order valence-electron chi connectivity index (χ0n) is 11.3. The highest BCUT2D eigenvalue weighted by Crippen LogP contribution is 2.32. The number of benzene rings is 1. The molecule has 20 heavy (non-hydrogen) atoms. The second-order valence-electron chi connectivity index (χ2n) is 5.02. The third-order valence-electron chi connectivity index (χ3n) is 3.48. The summed E-state index contributed by atoms with van der Waals surface area (Å²) < 4.78 is 5.16. The molecular weight excluding hydrogens is 278 g/mol. The first-order valence-corrected chi connectivity index (χ1v) is 6.79. The van der Waals surface area contributed by atoms with Crippen molar-refractivity contribution in [1.29, 1.82) is 0 Å². The number of rotatable bonds is 2. The summed E-state index contributed by atoms with van der Waals surface area (Å²) in [4.78, 5) is 18.1. The molecule has 0 N–H and O–H groups in total. The van der Waals surface area contributed by atoms with Crippen molar-refractivity contribution in [3.05, 3.63) is 40.5 Å². The first-order chi connectivity index (χ1) is 9.54. The monoisotopic (exact) mass is 291 g/mol. The van der Waals surface area contributed by atoms with Crippen molar-refractivity contribution in [2.24, 2.45) is 0 Å². The molecule has 1 aromatic heterocycles. The fraction of sp³-hybridized carbons (Fsp3) is 0.357. The number of aromatic nitrogens is 2. The van der Waals surface area contributed by atoms with Gasteiger partial charge in [0.05, 0.1) is 5.92 Å². The minimum atomic E-state index is -0.0521. The highest BCUT2D eigenvalue weighted by Gasteiger charge is 2.35. The number of halogens is 1. The molecule has 1 unspecified atom stereocenters. The number of hydrogen-bond acceptors (Lipinski definition) is 4. The molecule has 6 heteroatoms. The Kier molecular flexibility index (Phi) is 3.22. The molecule has 5 nitrogen and oxygen atoms in total. The van der Waals surface area contributed by atoms with Gasteiger partial charge in [0.1, 0.15) is 0 Å². The van der Waals surface area contributed by atoms with Gasteiger partial charge < -0.3 is 9.42 Å². The molecule has 0 saturated carbocycles. The summed E-state index contributed by atoms with van der Waals surface area (Å²) in [5.41, 5.74) is 1.80. The highest BCUT2D eigenvalue weighted by atomic mass is 35.5. The molecule has 1 fully saturated rings. The number of anilines is 1. The van der Waals surface area contributed by atoms with Crippen LogP contribution < -0.4 is 4.90 Å². The third kappa shape index (κ3) is 2.29. The third-order valence-corrected chi connectivity index (χ3v) is 3.89. The van der Waals surface area contributed by atoms with Gasteiger partial charge in [0.2, 0.25) is 11.8 Å². The Morgan fingerprint density at radius 2 is 2.20 bits per heavy atom. The molecule has 1 aliphatic heterocycles. The molecule has 0 aliphatic carbocycles. The van der Waals surface area contributed by atoms with Gasteiger partial charge in [0.25, 0.3) is 0 Å². The smallest absolute Gasteiger partial charge is 0.232 e. The summed E-state index contributed by atoms with van der Waals surface area (Å²) in [6.45, 7) is 4.24. The molecule has 1 amide bonds. The van der Waals surface area contributed by atoms with Gasteiger partial charge in [-0.15, -0.1) is 0 Å². The quantitative estimate of drug-likeness (QED) is 0.853. The zero-order chi connectivity index (χ0) is 14.3. The second kappa shape index (κ2) is 4.90. The average molecular weight is 292 g/mol. The summed E-state index contributed by atoms with van der Waals surface area (Å²) in [5.74, 6) is 1.11. The van der Waals surface area contributed by atoms with Crippen molar-refractivity contribution in [2.45, 2.75) is 26.2 Å². The molecule has 104 valence electrons. The Balaban J connectivity index is 1.85. The zero-order valence-corrected chi connectivity index (χ0v) is 12.0. The van der Waals surface area contributed by atoms with Crippen LogP contribution in [0.1, 0.15) is 29.6 Å². The van der Waals surface area contributed by atoms with E-state index in [9.17, 15) is 4.79 Å². The van der Waals surface area contributed by atoms with Gasteiger partial charge in [-0.25, -0.2) is 0 Å². The molecule has 0 spiro atoms. The number of carbonyl (C=O) groups excluding carboxylic acids is 1. The standard InChI is InChI=1S/C14H14ClN3O2/c1-8-3-4-11(6-12(8)15)18-7-10(5-13(18)19)14-16-9(2)17-20-14/h3-4,6,10H,5,7H2,1-2H3. The topological polar surface area (TPSA) is 59.2 Å². The maximum absolute atomic E-state index is 12.2. The van der Waals surface area contributed by atoms with Crippen LogP contribution in [0.4, 0.5) is 5.69 Å². The first kappa shape index (κ1) is 13.1. The van der Waals surface area contributed by atoms with Crippen molar-refractivity contribution < 1.29 is 9.32 Å². The van der Waals surface area contributed by atoms with Gasteiger partial charge in [-0.1, -0.05) is 22.8 Å². The number of aryl methyl sites for hydroxylation is 2. The van der Waals surface area contributed by atoms with Gasteiger partial charge in [-0.3, -0.25) is 4.79 Å². The van der Waals surface area contributed by atoms with Crippen LogP contribution in [0, 0.1) is 13.8 Å². The molecule has 1 aliphatic rings. The van der Waals surface area contributed by atoms with Gasteiger partial charge >= 0.3 is 0 Å². The van der Waals surface area contributed by atoms with Crippen LogP contribution in [0.25, 0.3) is 0 Å². The molecule has 3 rings (SSSR count). The van der Waals surface area contributed by atoms with Crippen LogP contribution >= 0.6 is 11.6 Å². The first-order valence-electron chi connectivity index (χ1n) is 6.41. The van der Waals surface area contributed by atoms with E-state index in [1.165, 1.54) is 0 Å². The average Bonchev–Trinajstić information content (AvgIpc) is 2.99. The van der Waals surface area contributed by atoms with Crippen molar-refractivity contribution in [3.8, 4) is 0 Å². The van der Waals surface area contributed by atoms with E-state index in [1.807, 2.05) is 25.1 Å². The molecule has 1 saturated heterocycles. The van der Waals surface area contributed by atoms with Crippen LogP contribution in [0.3, 0.4) is 0 Å². The maximum atomic E-state index is 12.2. The van der Waals surface area contributed by atoms with Crippen LogP contribution in [-0.2, 0) is 4.79 Å². The van der Waals surface area contributed by atoms with E-state index in [2.05, 4.69) is 10.1 Å². The number of amides is 1. The van der Waals surface area contributed by atoms with E-state index in [0.29, 0.717) is 29.7 Å². The van der Waals surface area contributed by atoms with E-state index in [-0.39, 0.29) is 11.8 Å². The lowest BCUT2D eigenvalue weighted by molar-refractivity contribution is -0.117. The van der Waals surface area contributed by atoms with E-state index in [0.717, 1.165) is 11.3 Å². The van der Waals surface area contributed by atoms with E-state index < -0.39 is 0 Å². The lowest BCUT2D eigenvalue weighted by Crippen LogP contribution is -2.24. The van der Waals surface area contributed by atoms with Crippen LogP contribution in [0.5, 0.6) is 0 Å². The normalized spacial score (nSPS) is 18.9. The SMILES string of the molecule is Cc1noc(C2CC(=O)N(c3ccc(C)c(Cl)c3)C2)n1. The summed E-state index contributed by atoms with van der Waals surface area (Å²) >= 11 is 6.12. The summed E-state index contributed by atoms with van der Waals surface area (Å²) in [5, 5.41) is 4.43. The molecule has 1 atom stereocenters. The molecule has 2 heterocycles. The Bertz CT molecular complexity index is 668. The Morgan fingerprint density at radius 3 is 2.85 bits per heavy atom. The van der Waals surface area contributed by atoms with Crippen molar-refractivity contribution in [1.82, 2.24) is 10.1 Å². The Morgan fingerprint density at radius 1 is 1.40 bits per heavy atom. The molecular formula is C14H14ClN3O2. The fourth-order valence-corrected chi connectivity index (χ4v) is 2.53. The van der Waals surface area contributed by atoms with Crippen LogP contribution in [-0.4, -0.2) is 22.6 Å². The van der Waals surface area contributed by atoms with Crippen LogP contribution in [0.2, 0.25) is 5.02 Å². The minimum absolute atomic E-state index is 0.0470. The predicted molar refractivity (Wildman–Crippen MR) is 74.9 cm³/mol. The number of nitrogens with zero attached hydrogens (tertiary/aromatic N) is 3. The van der Waals surface area contributed by atoms with E-state index in [1.54, 1.807) is 11.8 Å². The van der Waals surface area contributed by atoms with Gasteiger partial charge in [0, 0.05) is 23.7 Å². The van der Waals surface area contributed by atoms with Crippen molar-refractivity contribution in [3.63, 3.8) is 0 Å². The van der Waals surface area contributed by atoms with Crippen molar-refractivity contribution in [2.75, 3.05) is 11.4 Å². The molecule has 2 aromatic rings. The fourth-order valence-electron chi connectivity index (χ4n) is 2.35. The molecule has 1 aromatic carbocycles. The Hall–Kier alpha value is -1.88. The maximum Gasteiger partial charge on any atom is 0.232 e. The number of carbonyl (C=O) groups is 1. The minimum Gasteiger partial charge on any atom is -0.339 e. The molecule has 0 bridgehead atoms. The number of hydrogen-bond donors (Lipinski definition) is 0. The van der Waals surface area contributed by atoms with Crippen molar-refractivity contribution >= 4 is 23.2 Å². The summed E-state index contributed by atoms with van der Waals surface area (Å²) in [6, 6.07) is 5.63. The highest BCUT2D eigenvalue weighted by molar-refractivity contribution is 6.31. The summed E-state index contributed by atoms with van der Waals surface area (Å²) in [7, 11) is 0. The van der Waals surface area contributed by atoms with Crippen LogP contribution in [0.15, 0.2) is 22.7 Å². The molecule has 0 radical (unpaired) electrons. The van der Waals surface area contributed by atoms with Gasteiger partial charge in [-0.2, -0.15) is 4.98 Å². The second-order valence-corrected chi connectivity index (χ2v) is 5.43. The summed E-state index contributed by atoms with van der Waals surface area (Å²) in [6.07, 6.45) is 0.382. The lowest BCUT2D eigenvalue weighted by atomic mass is 10.1. The van der Waals surface area contributed by atoms with E-state index in [4.69, 9.17) is 16.1 Å². The van der Waals surface area contributed by atoms with E-state index >= 15 is 0 Å². The lowest BCUT2D eigenvalue weighted by Gasteiger charge is -2.17. The van der Waals surface area contributed by atoms with Gasteiger partial charge in [0.15, 0.2) is 5.82 Å². The predicted octanol–water partition coefficient (Wildman–Crippen LogP) is 2.86.